The molecule has 0 bridgehead atoms. The second kappa shape index (κ2) is 5.71. The van der Waals surface area contributed by atoms with Crippen molar-refractivity contribution < 1.29 is 0 Å². The van der Waals surface area contributed by atoms with Gasteiger partial charge in [0, 0.05) is 5.38 Å². The average Bonchev–Trinajstić information content (AvgIpc) is 3.08. The summed E-state index contributed by atoms with van der Waals surface area (Å²) in [5.74, 6) is 0.534. The van der Waals surface area contributed by atoms with Gasteiger partial charge in [-0.2, -0.15) is 0 Å². The van der Waals surface area contributed by atoms with Crippen molar-refractivity contribution in [3.05, 3.63) is 16.1 Å². The van der Waals surface area contributed by atoms with Crippen molar-refractivity contribution in [2.24, 2.45) is 5.41 Å². The van der Waals surface area contributed by atoms with E-state index in [1.54, 1.807) is 11.3 Å². The Morgan fingerprint density at radius 2 is 2.00 bits per heavy atom. The second-order valence-electron chi connectivity index (χ2n) is 6.23. The molecule has 19 heavy (non-hydrogen) atoms. The van der Waals surface area contributed by atoms with Crippen molar-refractivity contribution in [1.29, 1.82) is 0 Å². The normalized spacial score (nSPS) is 24.9. The summed E-state index contributed by atoms with van der Waals surface area (Å²) in [7, 11) is 0. The maximum absolute atomic E-state index is 5.84. The predicted octanol–water partition coefficient (Wildman–Crippen LogP) is 4.60. The molecule has 1 aromatic heterocycles. The Bertz CT molecular complexity index is 416. The van der Waals surface area contributed by atoms with Gasteiger partial charge in [0.05, 0.1) is 17.6 Å². The summed E-state index contributed by atoms with van der Waals surface area (Å²) in [6.45, 7) is 4.79. The van der Waals surface area contributed by atoms with E-state index in [1.165, 1.54) is 56.6 Å². The van der Waals surface area contributed by atoms with E-state index in [9.17, 15) is 0 Å². The van der Waals surface area contributed by atoms with Gasteiger partial charge in [-0.1, -0.05) is 12.8 Å². The van der Waals surface area contributed by atoms with Gasteiger partial charge in [-0.3, -0.25) is 4.90 Å². The molecule has 3 rings (SSSR count). The quantitative estimate of drug-likeness (QED) is 0.758. The van der Waals surface area contributed by atoms with Gasteiger partial charge in [0.2, 0.25) is 0 Å². The molecule has 2 aliphatic rings. The van der Waals surface area contributed by atoms with Crippen LogP contribution in [-0.4, -0.2) is 23.0 Å². The largest absolute Gasteiger partial charge is 0.294 e. The average molecular weight is 299 g/mol. The number of thiazole rings is 1. The lowest BCUT2D eigenvalue weighted by molar-refractivity contribution is 0.0812. The molecule has 2 heterocycles. The maximum atomic E-state index is 5.84. The fourth-order valence-electron chi connectivity index (χ4n) is 3.74. The van der Waals surface area contributed by atoms with Gasteiger partial charge >= 0.3 is 0 Å². The molecule has 1 aromatic rings. The summed E-state index contributed by atoms with van der Waals surface area (Å²) in [4.78, 5) is 7.25. The van der Waals surface area contributed by atoms with Gasteiger partial charge in [-0.05, 0) is 51.1 Å². The van der Waals surface area contributed by atoms with E-state index < -0.39 is 0 Å². The molecule has 1 aliphatic carbocycles. The first-order chi connectivity index (χ1) is 9.22. The number of alkyl halides is 1. The first-order valence-electron chi connectivity index (χ1n) is 7.47. The molecule has 1 unspecified atom stereocenters. The van der Waals surface area contributed by atoms with Crippen molar-refractivity contribution in [2.75, 3.05) is 13.1 Å². The van der Waals surface area contributed by atoms with Crippen LogP contribution in [0.2, 0.25) is 0 Å². The Morgan fingerprint density at radius 3 is 2.58 bits per heavy atom. The lowest BCUT2D eigenvalue weighted by Gasteiger charge is -2.41. The summed E-state index contributed by atoms with van der Waals surface area (Å²) in [5.41, 5.74) is 1.73. The van der Waals surface area contributed by atoms with E-state index in [4.69, 9.17) is 11.6 Å². The minimum absolute atomic E-state index is 0.459. The number of likely N-dealkylation sites (tertiary alicyclic amines) is 1. The standard InChI is InChI=1S/C15H23ClN2S/c1-12(14-17-13(10-16)11-19-14)18-8-6-15(7-9-18)4-2-3-5-15/h11-12H,2-10H2,1H3. The first-order valence-corrected chi connectivity index (χ1v) is 8.88. The van der Waals surface area contributed by atoms with Gasteiger partial charge < -0.3 is 0 Å². The Morgan fingerprint density at radius 1 is 1.32 bits per heavy atom. The van der Waals surface area contributed by atoms with Crippen LogP contribution in [0.25, 0.3) is 0 Å². The smallest absolute Gasteiger partial charge is 0.110 e. The van der Waals surface area contributed by atoms with Gasteiger partial charge in [0.1, 0.15) is 5.01 Å². The zero-order valence-corrected chi connectivity index (χ0v) is 13.3. The monoisotopic (exact) mass is 298 g/mol. The van der Waals surface area contributed by atoms with Gasteiger partial charge in [0.25, 0.3) is 0 Å². The highest BCUT2D eigenvalue weighted by atomic mass is 35.5. The highest BCUT2D eigenvalue weighted by Gasteiger charge is 2.38. The number of aromatic nitrogens is 1. The van der Waals surface area contributed by atoms with Crippen LogP contribution in [0.3, 0.4) is 0 Å². The van der Waals surface area contributed by atoms with E-state index in [0.29, 0.717) is 17.3 Å². The molecule has 1 aliphatic heterocycles. The molecule has 0 radical (unpaired) electrons. The van der Waals surface area contributed by atoms with E-state index in [0.717, 1.165) is 5.69 Å². The molecule has 2 nitrogen and oxygen atoms in total. The van der Waals surface area contributed by atoms with Crippen LogP contribution in [0, 0.1) is 5.41 Å². The molecule has 4 heteroatoms. The minimum Gasteiger partial charge on any atom is -0.294 e. The SMILES string of the molecule is CC(c1nc(CCl)cs1)N1CCC2(CCCC2)CC1. The van der Waals surface area contributed by atoms with Crippen LogP contribution < -0.4 is 0 Å². The van der Waals surface area contributed by atoms with Crippen LogP contribution in [0.5, 0.6) is 0 Å². The van der Waals surface area contributed by atoms with Crippen LogP contribution in [0.4, 0.5) is 0 Å². The molecule has 0 aromatic carbocycles. The van der Waals surface area contributed by atoms with E-state index >= 15 is 0 Å². The Kier molecular flexibility index (Phi) is 4.16. The van der Waals surface area contributed by atoms with Crippen molar-refractivity contribution in [2.45, 2.75) is 57.4 Å². The lowest BCUT2D eigenvalue weighted by atomic mass is 9.77. The van der Waals surface area contributed by atoms with Crippen LogP contribution in [-0.2, 0) is 5.88 Å². The molecule has 1 saturated carbocycles. The minimum atomic E-state index is 0.459. The zero-order valence-electron chi connectivity index (χ0n) is 11.7. The molecule has 0 amide bonds. The van der Waals surface area contributed by atoms with E-state index in [-0.39, 0.29) is 0 Å². The van der Waals surface area contributed by atoms with Crippen LogP contribution in [0.15, 0.2) is 5.38 Å². The third-order valence-corrected chi connectivity index (χ3v) is 6.47. The maximum Gasteiger partial charge on any atom is 0.110 e. The Hall–Kier alpha value is -0.120. The van der Waals surface area contributed by atoms with Crippen LogP contribution >= 0.6 is 22.9 Å². The summed E-state index contributed by atoms with van der Waals surface area (Å²) >= 11 is 7.61. The van der Waals surface area contributed by atoms with Crippen molar-refractivity contribution in [1.82, 2.24) is 9.88 Å². The third-order valence-electron chi connectivity index (χ3n) is 5.13. The van der Waals surface area contributed by atoms with Gasteiger partial charge in [-0.25, -0.2) is 4.98 Å². The molecule has 2 fully saturated rings. The Labute approximate surface area is 125 Å². The summed E-state index contributed by atoms with van der Waals surface area (Å²) in [5, 5.41) is 3.33. The fraction of sp³-hybridized carbons (Fsp3) is 0.800. The number of rotatable bonds is 3. The zero-order chi connectivity index (χ0) is 13.3. The summed E-state index contributed by atoms with van der Waals surface area (Å²) in [6.07, 6.45) is 8.66. The molecule has 1 atom stereocenters. The van der Waals surface area contributed by atoms with E-state index in [2.05, 4.69) is 22.2 Å². The number of halogens is 1. The van der Waals surface area contributed by atoms with Gasteiger partial charge in [-0.15, -0.1) is 22.9 Å². The third kappa shape index (κ3) is 2.84. The Balaban J connectivity index is 1.61. The molecule has 0 N–H and O–H groups in total. The molecule has 1 spiro atoms. The topological polar surface area (TPSA) is 16.1 Å². The summed E-state index contributed by atoms with van der Waals surface area (Å²) in [6, 6.07) is 0.459. The fourth-order valence-corrected chi connectivity index (χ4v) is 4.88. The van der Waals surface area contributed by atoms with E-state index in [1.807, 2.05) is 0 Å². The lowest BCUT2D eigenvalue weighted by Crippen LogP contribution is -2.40. The molecule has 106 valence electrons. The number of nitrogens with zero attached hydrogens (tertiary/aromatic N) is 2. The number of piperidine rings is 1. The highest BCUT2D eigenvalue weighted by molar-refractivity contribution is 7.09. The predicted molar refractivity (Wildman–Crippen MR) is 81.8 cm³/mol. The highest BCUT2D eigenvalue weighted by Crippen LogP contribution is 2.47. The van der Waals surface area contributed by atoms with Crippen LogP contribution in [0.1, 0.15) is 62.2 Å². The molecular weight excluding hydrogens is 276 g/mol. The summed E-state index contributed by atoms with van der Waals surface area (Å²) < 4.78 is 0. The second-order valence-corrected chi connectivity index (χ2v) is 7.39. The number of hydrogen-bond donors (Lipinski definition) is 0. The first kappa shape index (κ1) is 13.8. The van der Waals surface area contributed by atoms with Crippen molar-refractivity contribution >= 4 is 22.9 Å². The molecular formula is C15H23ClN2S. The van der Waals surface area contributed by atoms with Gasteiger partial charge in [0.15, 0.2) is 0 Å². The molecule has 1 saturated heterocycles. The van der Waals surface area contributed by atoms with Crippen molar-refractivity contribution in [3.63, 3.8) is 0 Å². The van der Waals surface area contributed by atoms with Crippen molar-refractivity contribution in [3.8, 4) is 0 Å². The number of hydrogen-bond acceptors (Lipinski definition) is 3.